The van der Waals surface area contributed by atoms with Crippen LogP contribution in [0.4, 0.5) is 5.82 Å². The monoisotopic (exact) mass is 385 g/mol. The first-order valence-corrected chi connectivity index (χ1v) is 7.88. The van der Waals surface area contributed by atoms with Gasteiger partial charge in [-0.15, -0.1) is 0 Å². The number of nitrogens with zero attached hydrogens (tertiary/aromatic N) is 4. The largest absolute Gasteiger partial charge is 0.369 e. The molecule has 2 aromatic heterocycles. The van der Waals surface area contributed by atoms with E-state index in [2.05, 4.69) is 53.8 Å². The van der Waals surface area contributed by atoms with Gasteiger partial charge in [0.25, 0.3) is 0 Å². The Balaban J connectivity index is 2.65. The SMILES string of the molecule is CCNc1nc(-c2c(C)nn(C)c2C)nc(CC)c1I. The van der Waals surface area contributed by atoms with Crippen molar-refractivity contribution in [1.29, 1.82) is 0 Å². The van der Waals surface area contributed by atoms with Crippen LogP contribution in [0.2, 0.25) is 0 Å². The summed E-state index contributed by atoms with van der Waals surface area (Å²) in [4.78, 5) is 9.42. The van der Waals surface area contributed by atoms with Gasteiger partial charge in [-0.05, 0) is 49.8 Å². The Morgan fingerprint density at radius 2 is 1.90 bits per heavy atom. The van der Waals surface area contributed by atoms with E-state index in [1.807, 2.05) is 18.7 Å². The van der Waals surface area contributed by atoms with Gasteiger partial charge in [-0.2, -0.15) is 5.10 Å². The molecule has 5 nitrogen and oxygen atoms in total. The zero-order valence-electron chi connectivity index (χ0n) is 12.6. The van der Waals surface area contributed by atoms with Gasteiger partial charge in [0.05, 0.1) is 20.5 Å². The van der Waals surface area contributed by atoms with Crippen LogP contribution in [0.25, 0.3) is 11.4 Å². The molecule has 2 heterocycles. The average Bonchev–Trinajstić information content (AvgIpc) is 2.66. The zero-order chi connectivity index (χ0) is 14.9. The molecule has 0 aliphatic carbocycles. The van der Waals surface area contributed by atoms with Crippen LogP contribution in [-0.4, -0.2) is 26.3 Å². The minimum absolute atomic E-state index is 0.765. The van der Waals surface area contributed by atoms with E-state index in [1.54, 1.807) is 0 Å². The Morgan fingerprint density at radius 3 is 2.40 bits per heavy atom. The molecular formula is C14H20IN5. The van der Waals surface area contributed by atoms with Crippen molar-refractivity contribution < 1.29 is 0 Å². The molecule has 0 radical (unpaired) electrons. The fourth-order valence-corrected chi connectivity index (χ4v) is 3.03. The van der Waals surface area contributed by atoms with Crippen molar-refractivity contribution in [2.45, 2.75) is 34.1 Å². The Bertz CT molecular complexity index is 633. The van der Waals surface area contributed by atoms with E-state index in [1.165, 1.54) is 0 Å². The van der Waals surface area contributed by atoms with Crippen molar-refractivity contribution in [3.63, 3.8) is 0 Å². The molecule has 0 bridgehead atoms. The number of halogens is 1. The summed E-state index contributed by atoms with van der Waals surface area (Å²) < 4.78 is 2.99. The van der Waals surface area contributed by atoms with Crippen LogP contribution < -0.4 is 5.32 Å². The molecule has 0 spiro atoms. The highest BCUT2D eigenvalue weighted by Gasteiger charge is 2.18. The topological polar surface area (TPSA) is 55.6 Å². The predicted octanol–water partition coefficient (Wildman–Crippen LogP) is 3.09. The van der Waals surface area contributed by atoms with Crippen molar-refractivity contribution in [3.8, 4) is 11.4 Å². The van der Waals surface area contributed by atoms with Crippen molar-refractivity contribution in [2.75, 3.05) is 11.9 Å². The number of rotatable bonds is 4. The van der Waals surface area contributed by atoms with E-state index in [4.69, 9.17) is 9.97 Å². The van der Waals surface area contributed by atoms with Crippen molar-refractivity contribution in [3.05, 3.63) is 20.7 Å². The molecule has 1 N–H and O–H groups in total. The summed E-state index contributed by atoms with van der Waals surface area (Å²) in [5, 5.41) is 7.78. The van der Waals surface area contributed by atoms with Gasteiger partial charge in [-0.3, -0.25) is 4.68 Å². The number of aromatic nitrogens is 4. The van der Waals surface area contributed by atoms with E-state index < -0.39 is 0 Å². The quantitative estimate of drug-likeness (QED) is 0.822. The number of nitrogens with one attached hydrogen (secondary N) is 1. The van der Waals surface area contributed by atoms with E-state index in [-0.39, 0.29) is 0 Å². The molecule has 0 saturated heterocycles. The molecule has 2 aromatic rings. The molecule has 6 heteroatoms. The summed E-state index contributed by atoms with van der Waals surface area (Å²) in [5.74, 6) is 1.68. The molecule has 0 atom stereocenters. The molecule has 108 valence electrons. The summed E-state index contributed by atoms with van der Waals surface area (Å²) in [7, 11) is 1.95. The first-order valence-electron chi connectivity index (χ1n) is 6.80. The normalized spacial score (nSPS) is 10.9. The van der Waals surface area contributed by atoms with Gasteiger partial charge in [0.1, 0.15) is 5.82 Å². The summed E-state index contributed by atoms with van der Waals surface area (Å²) in [5.41, 5.74) is 4.18. The number of hydrogen-bond acceptors (Lipinski definition) is 4. The summed E-state index contributed by atoms with van der Waals surface area (Å²) in [6.07, 6.45) is 0.893. The fourth-order valence-electron chi connectivity index (χ4n) is 2.22. The fraction of sp³-hybridized carbons (Fsp3) is 0.500. The lowest BCUT2D eigenvalue weighted by Crippen LogP contribution is -2.08. The highest BCUT2D eigenvalue weighted by Crippen LogP contribution is 2.28. The molecule has 0 aromatic carbocycles. The second-order valence-corrected chi connectivity index (χ2v) is 5.79. The van der Waals surface area contributed by atoms with Crippen LogP contribution in [-0.2, 0) is 13.5 Å². The number of hydrogen-bond donors (Lipinski definition) is 1. The maximum atomic E-state index is 4.73. The van der Waals surface area contributed by atoms with E-state index in [0.29, 0.717) is 0 Å². The predicted molar refractivity (Wildman–Crippen MR) is 90.0 cm³/mol. The highest BCUT2D eigenvalue weighted by molar-refractivity contribution is 14.1. The van der Waals surface area contributed by atoms with E-state index in [9.17, 15) is 0 Å². The van der Waals surface area contributed by atoms with Gasteiger partial charge in [-0.25, -0.2) is 9.97 Å². The Hall–Kier alpha value is -1.18. The van der Waals surface area contributed by atoms with E-state index in [0.717, 1.165) is 50.8 Å². The maximum Gasteiger partial charge on any atom is 0.165 e. The molecule has 0 fully saturated rings. The van der Waals surface area contributed by atoms with E-state index >= 15 is 0 Å². The molecule has 0 saturated carbocycles. The van der Waals surface area contributed by atoms with Gasteiger partial charge >= 0.3 is 0 Å². The first-order chi connectivity index (χ1) is 9.49. The van der Waals surface area contributed by atoms with Gasteiger partial charge in [0.15, 0.2) is 5.82 Å². The van der Waals surface area contributed by atoms with Crippen molar-refractivity contribution >= 4 is 28.4 Å². The molecule has 0 unspecified atom stereocenters. The second kappa shape index (κ2) is 6.07. The van der Waals surface area contributed by atoms with Gasteiger partial charge in [0.2, 0.25) is 0 Å². The third kappa shape index (κ3) is 2.65. The second-order valence-electron chi connectivity index (χ2n) is 4.71. The van der Waals surface area contributed by atoms with Crippen LogP contribution in [0, 0.1) is 17.4 Å². The lowest BCUT2D eigenvalue weighted by Gasteiger charge is -2.11. The zero-order valence-corrected chi connectivity index (χ0v) is 14.7. The molecule has 2 rings (SSSR count). The average molecular weight is 385 g/mol. The van der Waals surface area contributed by atoms with Crippen LogP contribution >= 0.6 is 22.6 Å². The first kappa shape index (κ1) is 15.2. The van der Waals surface area contributed by atoms with Gasteiger partial charge < -0.3 is 5.32 Å². The lowest BCUT2D eigenvalue weighted by atomic mass is 10.1. The molecule has 0 aliphatic heterocycles. The lowest BCUT2D eigenvalue weighted by molar-refractivity contribution is 0.731. The standard InChI is InChI=1S/C14H20IN5/c1-6-10-12(15)14(16-7-2)18-13(17-10)11-8(3)19-20(5)9(11)4/h6-7H2,1-5H3,(H,16,17,18). The third-order valence-corrected chi connectivity index (χ3v) is 4.47. The molecular weight excluding hydrogens is 365 g/mol. The molecule has 20 heavy (non-hydrogen) atoms. The maximum absolute atomic E-state index is 4.73. The van der Waals surface area contributed by atoms with Gasteiger partial charge in [-0.1, -0.05) is 6.92 Å². The van der Waals surface area contributed by atoms with Crippen LogP contribution in [0.5, 0.6) is 0 Å². The molecule has 0 aliphatic rings. The highest BCUT2D eigenvalue weighted by atomic mass is 127. The van der Waals surface area contributed by atoms with Gasteiger partial charge in [0, 0.05) is 19.3 Å². The minimum atomic E-state index is 0.765. The summed E-state index contributed by atoms with van der Waals surface area (Å²) in [6.45, 7) is 9.09. The van der Waals surface area contributed by atoms with Crippen LogP contribution in [0.1, 0.15) is 30.9 Å². The third-order valence-electron chi connectivity index (χ3n) is 3.33. The Labute approximate surface area is 133 Å². The summed E-state index contributed by atoms with van der Waals surface area (Å²) >= 11 is 2.31. The van der Waals surface area contributed by atoms with Crippen LogP contribution in [0.3, 0.4) is 0 Å². The molecule has 0 amide bonds. The van der Waals surface area contributed by atoms with Crippen molar-refractivity contribution in [2.24, 2.45) is 7.05 Å². The summed E-state index contributed by atoms with van der Waals surface area (Å²) in [6, 6.07) is 0. The smallest absolute Gasteiger partial charge is 0.165 e. The van der Waals surface area contributed by atoms with Crippen molar-refractivity contribution in [1.82, 2.24) is 19.7 Å². The number of aryl methyl sites for hydroxylation is 3. The Kier molecular flexibility index (Phi) is 4.62. The minimum Gasteiger partial charge on any atom is -0.369 e. The Morgan fingerprint density at radius 1 is 1.20 bits per heavy atom. The van der Waals surface area contributed by atoms with Crippen LogP contribution in [0.15, 0.2) is 0 Å². The number of anilines is 1.